The lowest BCUT2D eigenvalue weighted by Crippen LogP contribution is -2.19. The van der Waals surface area contributed by atoms with E-state index in [0.717, 1.165) is 25.7 Å². The monoisotopic (exact) mass is 234 g/mol. The van der Waals surface area contributed by atoms with Crippen LogP contribution < -0.4 is 0 Å². The fourth-order valence-corrected chi connectivity index (χ4v) is 2.34. The van der Waals surface area contributed by atoms with Crippen LogP contribution in [-0.4, -0.2) is 24.8 Å². The molecule has 3 nitrogen and oxygen atoms in total. The fourth-order valence-electron chi connectivity index (χ4n) is 2.34. The van der Waals surface area contributed by atoms with Crippen molar-refractivity contribution in [2.45, 2.75) is 44.9 Å². The zero-order valence-electron chi connectivity index (χ0n) is 10.9. The van der Waals surface area contributed by atoms with Gasteiger partial charge in [-0.3, -0.25) is 4.79 Å². The lowest BCUT2D eigenvalue weighted by molar-refractivity contribution is -0.119. The summed E-state index contributed by atoms with van der Waals surface area (Å²) in [5.41, 5.74) is 0.306. The summed E-state index contributed by atoms with van der Waals surface area (Å²) >= 11 is 0. The van der Waals surface area contributed by atoms with Crippen LogP contribution in [0.4, 0.5) is 0 Å². The van der Waals surface area contributed by atoms with Crippen LogP contribution in [0.15, 0.2) is 11.8 Å². The van der Waals surface area contributed by atoms with Gasteiger partial charge in [0.05, 0.1) is 0 Å². The molecule has 0 aliphatic heterocycles. The summed E-state index contributed by atoms with van der Waals surface area (Å²) in [6, 6.07) is 2.04. The van der Waals surface area contributed by atoms with E-state index in [1.165, 1.54) is 19.3 Å². The third-order valence-electron chi connectivity index (χ3n) is 3.25. The van der Waals surface area contributed by atoms with E-state index in [2.05, 4.69) is 0 Å². The van der Waals surface area contributed by atoms with Gasteiger partial charge in [-0.15, -0.1) is 0 Å². The average Bonchev–Trinajstić information content (AvgIpc) is 2.24. The second-order valence-electron chi connectivity index (χ2n) is 5.02. The van der Waals surface area contributed by atoms with Crippen LogP contribution in [0.2, 0.25) is 0 Å². The molecule has 0 amide bonds. The highest BCUT2D eigenvalue weighted by Crippen LogP contribution is 2.25. The number of rotatable bonds is 3. The number of nitriles is 1. The Labute approximate surface area is 104 Å². The summed E-state index contributed by atoms with van der Waals surface area (Å²) in [6.45, 7) is 0. The molecular weight excluding hydrogens is 212 g/mol. The Morgan fingerprint density at radius 3 is 2.18 bits per heavy atom. The molecule has 0 aromatic heterocycles. The predicted molar refractivity (Wildman–Crippen MR) is 68.2 cm³/mol. The Morgan fingerprint density at radius 2 is 1.71 bits per heavy atom. The molecule has 0 N–H and O–H groups in total. The van der Waals surface area contributed by atoms with Gasteiger partial charge in [0.15, 0.2) is 5.78 Å². The van der Waals surface area contributed by atoms with Crippen molar-refractivity contribution < 1.29 is 4.79 Å². The highest BCUT2D eigenvalue weighted by atomic mass is 16.1. The van der Waals surface area contributed by atoms with Gasteiger partial charge in [0.2, 0.25) is 0 Å². The molecule has 3 heteroatoms. The van der Waals surface area contributed by atoms with Crippen molar-refractivity contribution in [3.63, 3.8) is 0 Å². The van der Waals surface area contributed by atoms with Crippen LogP contribution in [0.3, 0.4) is 0 Å². The van der Waals surface area contributed by atoms with Crippen LogP contribution in [0.25, 0.3) is 0 Å². The normalized spacial score (nSPS) is 19.0. The summed E-state index contributed by atoms with van der Waals surface area (Å²) < 4.78 is 0. The lowest BCUT2D eigenvalue weighted by Gasteiger charge is -2.18. The van der Waals surface area contributed by atoms with Crippen molar-refractivity contribution in [1.82, 2.24) is 4.90 Å². The van der Waals surface area contributed by atoms with Gasteiger partial charge < -0.3 is 4.90 Å². The third-order valence-corrected chi connectivity index (χ3v) is 3.25. The zero-order valence-corrected chi connectivity index (χ0v) is 10.9. The van der Waals surface area contributed by atoms with Gasteiger partial charge in [-0.2, -0.15) is 5.26 Å². The van der Waals surface area contributed by atoms with E-state index >= 15 is 0 Å². The minimum absolute atomic E-state index is 0.0445. The molecule has 1 saturated carbocycles. The van der Waals surface area contributed by atoms with Gasteiger partial charge in [0, 0.05) is 26.2 Å². The maximum absolute atomic E-state index is 12.2. The number of allylic oxidation sites excluding steroid dienone is 1. The smallest absolute Gasteiger partial charge is 0.177 e. The molecule has 0 saturated heterocycles. The second kappa shape index (κ2) is 7.11. The Balaban J connectivity index is 2.69. The summed E-state index contributed by atoms with van der Waals surface area (Å²) in [4.78, 5) is 14.0. The first-order valence-electron chi connectivity index (χ1n) is 6.47. The molecule has 0 heterocycles. The molecule has 0 unspecified atom stereocenters. The fraction of sp³-hybridized carbons (Fsp3) is 0.714. The van der Waals surface area contributed by atoms with Crippen LogP contribution in [0.1, 0.15) is 44.9 Å². The van der Waals surface area contributed by atoms with E-state index in [9.17, 15) is 4.79 Å². The maximum Gasteiger partial charge on any atom is 0.177 e. The number of nitrogens with zero attached hydrogens (tertiary/aromatic N) is 2. The van der Waals surface area contributed by atoms with E-state index in [-0.39, 0.29) is 11.7 Å². The first-order chi connectivity index (χ1) is 8.15. The Morgan fingerprint density at radius 1 is 1.18 bits per heavy atom. The van der Waals surface area contributed by atoms with Crippen LogP contribution >= 0.6 is 0 Å². The molecule has 1 fully saturated rings. The molecule has 0 aromatic carbocycles. The molecule has 0 spiro atoms. The van der Waals surface area contributed by atoms with E-state index in [4.69, 9.17) is 5.26 Å². The van der Waals surface area contributed by atoms with E-state index in [0.29, 0.717) is 5.57 Å². The summed E-state index contributed by atoms with van der Waals surface area (Å²) in [6.07, 6.45) is 9.53. The van der Waals surface area contributed by atoms with Crippen LogP contribution in [0, 0.1) is 17.2 Å². The number of Topliss-reactive ketones (excluding diaryl/α,β-unsaturated/α-hetero) is 1. The first kappa shape index (κ1) is 13.8. The van der Waals surface area contributed by atoms with Gasteiger partial charge >= 0.3 is 0 Å². The molecule has 94 valence electrons. The molecule has 0 bridgehead atoms. The van der Waals surface area contributed by atoms with Crippen LogP contribution in [0.5, 0.6) is 0 Å². The van der Waals surface area contributed by atoms with E-state index < -0.39 is 0 Å². The van der Waals surface area contributed by atoms with Gasteiger partial charge in [-0.25, -0.2) is 0 Å². The van der Waals surface area contributed by atoms with E-state index in [1.54, 1.807) is 11.1 Å². The van der Waals surface area contributed by atoms with Crippen LogP contribution in [-0.2, 0) is 4.79 Å². The molecular formula is C14H22N2O. The van der Waals surface area contributed by atoms with Gasteiger partial charge in [0.25, 0.3) is 0 Å². The summed E-state index contributed by atoms with van der Waals surface area (Å²) in [5, 5.41) is 9.04. The molecule has 1 rings (SSSR count). The highest BCUT2D eigenvalue weighted by molar-refractivity contribution is 6.00. The Hall–Kier alpha value is -1.30. The topological polar surface area (TPSA) is 44.1 Å². The number of hydrogen-bond donors (Lipinski definition) is 0. The molecule has 0 atom stereocenters. The van der Waals surface area contributed by atoms with Crippen molar-refractivity contribution >= 4 is 5.78 Å². The molecule has 1 aliphatic rings. The van der Waals surface area contributed by atoms with Crippen molar-refractivity contribution in [2.24, 2.45) is 5.92 Å². The SMILES string of the molecule is CN(C)/C=C(\C#N)C(=O)C1CCCCCCC1. The van der Waals surface area contributed by atoms with E-state index in [1.807, 2.05) is 20.2 Å². The first-order valence-corrected chi connectivity index (χ1v) is 6.47. The minimum Gasteiger partial charge on any atom is -0.382 e. The number of carbonyl (C=O) groups excluding carboxylic acids is 1. The standard InChI is InChI=1S/C14H22N2O/c1-16(2)11-13(10-15)14(17)12-8-6-4-3-5-7-9-12/h11-12H,3-9H2,1-2H3/b13-11+. The van der Waals surface area contributed by atoms with Crippen molar-refractivity contribution in [3.05, 3.63) is 11.8 Å². The molecule has 1 aliphatic carbocycles. The van der Waals surface area contributed by atoms with Crippen molar-refractivity contribution in [1.29, 1.82) is 5.26 Å². The molecule has 17 heavy (non-hydrogen) atoms. The largest absolute Gasteiger partial charge is 0.382 e. The molecule has 0 radical (unpaired) electrons. The predicted octanol–water partition coefficient (Wildman–Crippen LogP) is 2.89. The third kappa shape index (κ3) is 4.60. The minimum atomic E-state index is 0.0445. The number of ketones is 1. The quantitative estimate of drug-likeness (QED) is 0.557. The van der Waals surface area contributed by atoms with Crippen molar-refractivity contribution in [2.75, 3.05) is 14.1 Å². The number of carbonyl (C=O) groups is 1. The highest BCUT2D eigenvalue weighted by Gasteiger charge is 2.22. The summed E-state index contributed by atoms with van der Waals surface area (Å²) in [7, 11) is 3.67. The maximum atomic E-state index is 12.2. The molecule has 0 aromatic rings. The lowest BCUT2D eigenvalue weighted by atomic mass is 9.86. The number of hydrogen-bond acceptors (Lipinski definition) is 3. The Kier molecular flexibility index (Phi) is 5.76. The average molecular weight is 234 g/mol. The summed E-state index contributed by atoms with van der Waals surface area (Å²) in [5.74, 6) is 0.115. The second-order valence-corrected chi connectivity index (χ2v) is 5.02. The Bertz CT molecular complexity index is 318. The zero-order chi connectivity index (χ0) is 12.7. The van der Waals surface area contributed by atoms with Gasteiger partial charge in [-0.05, 0) is 12.8 Å². The van der Waals surface area contributed by atoms with Crippen molar-refractivity contribution in [3.8, 4) is 6.07 Å². The van der Waals surface area contributed by atoms with Gasteiger partial charge in [-0.1, -0.05) is 32.1 Å². The van der Waals surface area contributed by atoms with Gasteiger partial charge in [0.1, 0.15) is 11.6 Å².